The Bertz CT molecular complexity index is 978. The largest absolute Gasteiger partial charge is 0.355 e. The first-order valence-corrected chi connectivity index (χ1v) is 10.3. The SMILES string of the molecule is CNC(=O)c1cnc(N2CCN(C(C)c3ccc4sc(C)nc4c3)CC2)nc1. The average molecular weight is 397 g/mol. The van der Waals surface area contributed by atoms with E-state index in [1.165, 1.54) is 10.3 Å². The van der Waals surface area contributed by atoms with Crippen molar-refractivity contribution >= 4 is 33.4 Å². The number of hydrogen-bond donors (Lipinski definition) is 1. The number of carbonyl (C=O) groups excluding carboxylic acids is 1. The van der Waals surface area contributed by atoms with E-state index in [9.17, 15) is 4.79 Å². The Labute approximate surface area is 168 Å². The third-order valence-electron chi connectivity index (χ3n) is 5.27. The van der Waals surface area contributed by atoms with Gasteiger partial charge in [-0.05, 0) is 31.5 Å². The van der Waals surface area contributed by atoms with E-state index in [2.05, 4.69) is 62.1 Å². The summed E-state index contributed by atoms with van der Waals surface area (Å²) < 4.78 is 1.25. The van der Waals surface area contributed by atoms with Crippen molar-refractivity contribution in [2.75, 3.05) is 38.1 Å². The van der Waals surface area contributed by atoms with E-state index in [1.807, 2.05) is 0 Å². The summed E-state index contributed by atoms with van der Waals surface area (Å²) in [4.78, 5) is 29.6. The summed E-state index contributed by atoms with van der Waals surface area (Å²) >= 11 is 1.74. The molecule has 8 heteroatoms. The lowest BCUT2D eigenvalue weighted by atomic mass is 10.1. The van der Waals surface area contributed by atoms with Crippen LogP contribution in [0.1, 0.15) is 33.9 Å². The topological polar surface area (TPSA) is 74.2 Å². The Morgan fingerprint density at radius 3 is 2.57 bits per heavy atom. The number of nitrogens with one attached hydrogen (secondary N) is 1. The van der Waals surface area contributed by atoms with Crippen LogP contribution in [-0.4, -0.2) is 59.0 Å². The maximum absolute atomic E-state index is 11.6. The van der Waals surface area contributed by atoms with Gasteiger partial charge in [-0.25, -0.2) is 15.0 Å². The van der Waals surface area contributed by atoms with Gasteiger partial charge in [0.2, 0.25) is 5.95 Å². The molecule has 2 aromatic heterocycles. The standard InChI is InChI=1S/C20H24N6OS/c1-13(15-4-5-18-17(10-15)24-14(2)28-18)25-6-8-26(9-7-25)20-22-11-16(12-23-20)19(27)21-3/h4-5,10-13H,6-9H2,1-3H3,(H,21,27). The summed E-state index contributed by atoms with van der Waals surface area (Å²) in [6.45, 7) is 7.91. The second-order valence-electron chi connectivity index (χ2n) is 7.01. The quantitative estimate of drug-likeness (QED) is 0.731. The van der Waals surface area contributed by atoms with Gasteiger partial charge in [0.05, 0.1) is 20.8 Å². The molecule has 0 aliphatic carbocycles. The van der Waals surface area contributed by atoms with Gasteiger partial charge >= 0.3 is 0 Å². The van der Waals surface area contributed by atoms with Crippen LogP contribution in [0.15, 0.2) is 30.6 Å². The maximum atomic E-state index is 11.6. The molecule has 0 saturated carbocycles. The molecule has 1 aliphatic heterocycles. The average Bonchev–Trinajstić information content (AvgIpc) is 3.12. The van der Waals surface area contributed by atoms with Gasteiger partial charge in [0.15, 0.2) is 0 Å². The highest BCUT2D eigenvalue weighted by atomic mass is 32.1. The van der Waals surface area contributed by atoms with Crippen LogP contribution in [0.5, 0.6) is 0 Å². The van der Waals surface area contributed by atoms with Crippen molar-refractivity contribution in [3.05, 3.63) is 46.7 Å². The number of aromatic nitrogens is 3. The molecule has 1 unspecified atom stereocenters. The number of rotatable bonds is 4. The lowest BCUT2D eigenvalue weighted by Gasteiger charge is -2.38. The third-order valence-corrected chi connectivity index (χ3v) is 6.23. The Hall–Kier alpha value is -2.58. The van der Waals surface area contributed by atoms with Crippen LogP contribution < -0.4 is 10.2 Å². The van der Waals surface area contributed by atoms with E-state index >= 15 is 0 Å². The van der Waals surface area contributed by atoms with E-state index < -0.39 is 0 Å². The Morgan fingerprint density at radius 2 is 1.89 bits per heavy atom. The fourth-order valence-electron chi connectivity index (χ4n) is 3.59. The molecule has 146 valence electrons. The second-order valence-corrected chi connectivity index (χ2v) is 8.24. The smallest absolute Gasteiger partial charge is 0.254 e. The first kappa shape index (κ1) is 18.8. The number of benzene rings is 1. The van der Waals surface area contributed by atoms with Crippen molar-refractivity contribution in [3.8, 4) is 0 Å². The summed E-state index contributed by atoms with van der Waals surface area (Å²) in [5, 5.41) is 3.69. The third kappa shape index (κ3) is 3.70. The molecule has 4 rings (SSSR count). The summed E-state index contributed by atoms with van der Waals surface area (Å²) in [5.74, 6) is 0.511. The first-order chi connectivity index (χ1) is 13.5. The number of fused-ring (bicyclic) bond motifs is 1. The van der Waals surface area contributed by atoms with Crippen molar-refractivity contribution in [1.82, 2.24) is 25.2 Å². The van der Waals surface area contributed by atoms with E-state index in [4.69, 9.17) is 0 Å². The molecule has 0 spiro atoms. The van der Waals surface area contributed by atoms with E-state index in [1.54, 1.807) is 30.8 Å². The van der Waals surface area contributed by atoms with Crippen LogP contribution in [0.25, 0.3) is 10.2 Å². The van der Waals surface area contributed by atoms with Crippen LogP contribution in [0, 0.1) is 6.92 Å². The lowest BCUT2D eigenvalue weighted by molar-refractivity contribution is 0.0962. The molecule has 1 saturated heterocycles. The Kier molecular flexibility index (Phi) is 5.23. The number of hydrogen-bond acceptors (Lipinski definition) is 7. The van der Waals surface area contributed by atoms with Crippen molar-refractivity contribution < 1.29 is 4.79 Å². The normalized spacial score (nSPS) is 16.3. The number of nitrogens with zero attached hydrogens (tertiary/aromatic N) is 5. The van der Waals surface area contributed by atoms with E-state index in [-0.39, 0.29) is 5.91 Å². The molecule has 1 atom stereocenters. The zero-order valence-electron chi connectivity index (χ0n) is 16.3. The summed E-state index contributed by atoms with van der Waals surface area (Å²) in [6, 6.07) is 6.96. The number of thiazole rings is 1. The zero-order valence-corrected chi connectivity index (χ0v) is 17.2. The molecule has 0 radical (unpaired) electrons. The van der Waals surface area contributed by atoms with Crippen LogP contribution in [0.4, 0.5) is 5.95 Å². The zero-order chi connectivity index (χ0) is 19.7. The van der Waals surface area contributed by atoms with Crippen LogP contribution >= 0.6 is 11.3 Å². The molecule has 7 nitrogen and oxygen atoms in total. The molecule has 1 amide bonds. The fraction of sp³-hybridized carbons (Fsp3) is 0.400. The highest BCUT2D eigenvalue weighted by Crippen LogP contribution is 2.28. The van der Waals surface area contributed by atoms with Gasteiger partial charge in [0, 0.05) is 51.7 Å². The Morgan fingerprint density at radius 1 is 1.18 bits per heavy atom. The minimum Gasteiger partial charge on any atom is -0.355 e. The first-order valence-electron chi connectivity index (χ1n) is 9.45. The van der Waals surface area contributed by atoms with Gasteiger partial charge in [-0.15, -0.1) is 11.3 Å². The van der Waals surface area contributed by atoms with E-state index in [0.717, 1.165) is 36.7 Å². The number of anilines is 1. The summed E-state index contributed by atoms with van der Waals surface area (Å²) in [5.41, 5.74) is 2.87. The number of amides is 1. The van der Waals surface area contributed by atoms with Crippen molar-refractivity contribution in [2.24, 2.45) is 0 Å². The highest BCUT2D eigenvalue weighted by Gasteiger charge is 2.24. The predicted molar refractivity (Wildman–Crippen MR) is 112 cm³/mol. The minimum atomic E-state index is -0.169. The van der Waals surface area contributed by atoms with Gasteiger partial charge in [-0.3, -0.25) is 9.69 Å². The number of aryl methyl sites for hydroxylation is 1. The monoisotopic (exact) mass is 396 g/mol. The molecule has 3 heterocycles. The molecule has 1 aromatic carbocycles. The fourth-order valence-corrected chi connectivity index (χ4v) is 4.39. The lowest BCUT2D eigenvalue weighted by Crippen LogP contribution is -2.47. The van der Waals surface area contributed by atoms with Crippen LogP contribution in [0.2, 0.25) is 0 Å². The molecular formula is C20H24N6OS. The second kappa shape index (κ2) is 7.81. The number of carbonyl (C=O) groups is 1. The molecule has 0 bridgehead atoms. The molecule has 28 heavy (non-hydrogen) atoms. The van der Waals surface area contributed by atoms with Gasteiger partial charge in [0.1, 0.15) is 0 Å². The van der Waals surface area contributed by atoms with E-state index in [0.29, 0.717) is 17.6 Å². The highest BCUT2D eigenvalue weighted by molar-refractivity contribution is 7.18. The predicted octanol–water partition coefficient (Wildman–Crippen LogP) is 2.64. The van der Waals surface area contributed by atoms with Crippen molar-refractivity contribution in [3.63, 3.8) is 0 Å². The Balaban J connectivity index is 1.40. The summed E-state index contributed by atoms with van der Waals surface area (Å²) in [6.07, 6.45) is 3.17. The van der Waals surface area contributed by atoms with Gasteiger partial charge in [-0.1, -0.05) is 6.07 Å². The molecule has 1 fully saturated rings. The maximum Gasteiger partial charge on any atom is 0.254 e. The molecule has 1 aliphatic rings. The molecule has 3 aromatic rings. The minimum absolute atomic E-state index is 0.169. The van der Waals surface area contributed by atoms with Crippen molar-refractivity contribution in [2.45, 2.75) is 19.9 Å². The van der Waals surface area contributed by atoms with Crippen LogP contribution in [0.3, 0.4) is 0 Å². The van der Waals surface area contributed by atoms with Gasteiger partial charge in [0.25, 0.3) is 5.91 Å². The van der Waals surface area contributed by atoms with Gasteiger partial charge in [-0.2, -0.15) is 0 Å². The summed E-state index contributed by atoms with van der Waals surface area (Å²) in [7, 11) is 1.60. The van der Waals surface area contributed by atoms with Crippen LogP contribution in [-0.2, 0) is 0 Å². The molecular weight excluding hydrogens is 372 g/mol. The van der Waals surface area contributed by atoms with Gasteiger partial charge < -0.3 is 10.2 Å². The number of piperazine rings is 1. The molecule has 1 N–H and O–H groups in total. The van der Waals surface area contributed by atoms with Crippen molar-refractivity contribution in [1.29, 1.82) is 0 Å².